The Morgan fingerprint density at radius 2 is 1.22 bits per heavy atom. The van der Waals surface area contributed by atoms with Crippen LogP contribution in [0.2, 0.25) is 0 Å². The molecule has 4 nitrogen and oxygen atoms in total. The molecule has 0 saturated carbocycles. The monoisotopic (exact) mass is 367 g/mol. The Labute approximate surface area is 148 Å². The van der Waals surface area contributed by atoms with Gasteiger partial charge in [0, 0.05) is 5.75 Å². The molecule has 0 saturated heterocycles. The highest BCUT2D eigenvalue weighted by Crippen LogP contribution is 2.13. The second kappa shape index (κ2) is 15.7. The van der Waals surface area contributed by atoms with E-state index < -0.39 is 15.5 Å². The van der Waals surface area contributed by atoms with Gasteiger partial charge < -0.3 is 0 Å². The van der Waals surface area contributed by atoms with Crippen molar-refractivity contribution in [1.29, 1.82) is 0 Å². The SMILES string of the molecule is CCCCCCCCCCCCCCCSNC(C)S(=O)(=O)O. The first-order valence-corrected chi connectivity index (χ1v) is 11.8. The molecule has 0 aliphatic heterocycles. The van der Waals surface area contributed by atoms with Crippen molar-refractivity contribution in [3.63, 3.8) is 0 Å². The van der Waals surface area contributed by atoms with Gasteiger partial charge >= 0.3 is 0 Å². The standard InChI is InChI=1S/C17H37NO3S2/c1-3-4-5-6-7-8-9-10-11-12-13-14-15-16-22-18-17(2)23(19,20)21/h17-18H,3-16H2,1-2H3,(H,19,20,21). The zero-order chi connectivity index (χ0) is 17.4. The van der Waals surface area contributed by atoms with Gasteiger partial charge in [-0.3, -0.25) is 4.55 Å². The third-order valence-electron chi connectivity index (χ3n) is 4.05. The van der Waals surface area contributed by atoms with Crippen molar-refractivity contribution in [1.82, 2.24) is 4.72 Å². The summed E-state index contributed by atoms with van der Waals surface area (Å²) >= 11 is 1.38. The van der Waals surface area contributed by atoms with Crippen LogP contribution in [-0.2, 0) is 10.1 Å². The maximum atomic E-state index is 10.8. The van der Waals surface area contributed by atoms with E-state index in [1.165, 1.54) is 95.9 Å². The molecule has 0 heterocycles. The van der Waals surface area contributed by atoms with Crippen molar-refractivity contribution >= 4 is 22.1 Å². The highest BCUT2D eigenvalue weighted by atomic mass is 32.2. The zero-order valence-corrected chi connectivity index (χ0v) is 16.7. The molecule has 0 aliphatic rings. The topological polar surface area (TPSA) is 66.4 Å². The van der Waals surface area contributed by atoms with Crippen LogP contribution < -0.4 is 4.72 Å². The first-order valence-electron chi connectivity index (χ1n) is 9.32. The average molecular weight is 368 g/mol. The van der Waals surface area contributed by atoms with Crippen LogP contribution in [0.5, 0.6) is 0 Å². The summed E-state index contributed by atoms with van der Waals surface area (Å²) in [5.74, 6) is 0.887. The molecule has 23 heavy (non-hydrogen) atoms. The largest absolute Gasteiger partial charge is 0.284 e. The molecule has 140 valence electrons. The van der Waals surface area contributed by atoms with Crippen molar-refractivity contribution in [2.45, 2.75) is 103 Å². The summed E-state index contributed by atoms with van der Waals surface area (Å²) in [4.78, 5) is 0. The lowest BCUT2D eigenvalue weighted by Gasteiger charge is -2.09. The summed E-state index contributed by atoms with van der Waals surface area (Å²) in [6.45, 7) is 3.71. The van der Waals surface area contributed by atoms with Crippen molar-refractivity contribution in [3.8, 4) is 0 Å². The molecule has 0 radical (unpaired) electrons. The van der Waals surface area contributed by atoms with E-state index in [2.05, 4.69) is 11.6 Å². The van der Waals surface area contributed by atoms with Crippen molar-refractivity contribution in [2.75, 3.05) is 5.75 Å². The van der Waals surface area contributed by atoms with Gasteiger partial charge in [0.1, 0.15) is 5.37 Å². The van der Waals surface area contributed by atoms with E-state index in [1.54, 1.807) is 0 Å². The lowest BCUT2D eigenvalue weighted by atomic mass is 10.1. The van der Waals surface area contributed by atoms with E-state index in [0.717, 1.165) is 12.2 Å². The normalized spacial score (nSPS) is 13.3. The second-order valence-electron chi connectivity index (χ2n) is 6.37. The average Bonchev–Trinajstić information content (AvgIpc) is 2.50. The Morgan fingerprint density at radius 1 is 0.826 bits per heavy atom. The molecule has 6 heteroatoms. The van der Waals surface area contributed by atoms with E-state index in [1.807, 2.05) is 0 Å². The van der Waals surface area contributed by atoms with Gasteiger partial charge in [-0.05, 0) is 13.3 Å². The fraction of sp³-hybridized carbons (Fsp3) is 1.00. The van der Waals surface area contributed by atoms with Gasteiger partial charge in [0.2, 0.25) is 0 Å². The third-order valence-corrected chi connectivity index (χ3v) is 6.22. The predicted molar refractivity (Wildman–Crippen MR) is 102 cm³/mol. The Hall–Kier alpha value is 0.220. The van der Waals surface area contributed by atoms with Gasteiger partial charge in [-0.15, -0.1) is 0 Å². The number of rotatable bonds is 17. The van der Waals surface area contributed by atoms with Gasteiger partial charge in [-0.2, -0.15) is 8.42 Å². The van der Waals surface area contributed by atoms with Crippen LogP contribution >= 0.6 is 11.9 Å². The quantitative estimate of drug-likeness (QED) is 0.200. The molecule has 1 unspecified atom stereocenters. The number of hydrogen-bond donors (Lipinski definition) is 2. The summed E-state index contributed by atoms with van der Waals surface area (Å²) in [5.41, 5.74) is 0. The molecule has 0 spiro atoms. The molecule has 1 atom stereocenters. The van der Waals surface area contributed by atoms with Gasteiger partial charge in [-0.25, -0.2) is 4.72 Å². The summed E-state index contributed by atoms with van der Waals surface area (Å²) in [6.07, 6.45) is 17.3. The third kappa shape index (κ3) is 16.8. The van der Waals surface area contributed by atoms with Crippen molar-refractivity contribution in [2.24, 2.45) is 0 Å². The summed E-state index contributed by atoms with van der Waals surface area (Å²) in [7, 11) is -3.95. The zero-order valence-electron chi connectivity index (χ0n) is 15.1. The summed E-state index contributed by atoms with van der Waals surface area (Å²) < 4.78 is 33.1. The lowest BCUT2D eigenvalue weighted by molar-refractivity contribution is 0.468. The lowest BCUT2D eigenvalue weighted by Crippen LogP contribution is -2.28. The van der Waals surface area contributed by atoms with Crippen LogP contribution in [0.3, 0.4) is 0 Å². The summed E-state index contributed by atoms with van der Waals surface area (Å²) in [6, 6.07) is 0. The van der Waals surface area contributed by atoms with Crippen LogP contribution in [0, 0.1) is 0 Å². The van der Waals surface area contributed by atoms with Crippen LogP contribution in [0.1, 0.15) is 97.3 Å². The molecular weight excluding hydrogens is 330 g/mol. The molecular formula is C17H37NO3S2. The molecule has 0 aromatic carbocycles. The molecule has 0 rings (SSSR count). The molecule has 0 bridgehead atoms. The Morgan fingerprint density at radius 3 is 1.61 bits per heavy atom. The van der Waals surface area contributed by atoms with E-state index in [-0.39, 0.29) is 0 Å². The Kier molecular flexibility index (Phi) is 15.9. The molecule has 0 aromatic heterocycles. The van der Waals surface area contributed by atoms with Gasteiger partial charge in [0.25, 0.3) is 10.1 Å². The number of hydrogen-bond acceptors (Lipinski definition) is 4. The highest BCUT2D eigenvalue weighted by molar-refractivity contribution is 7.98. The van der Waals surface area contributed by atoms with E-state index in [0.29, 0.717) is 0 Å². The second-order valence-corrected chi connectivity index (χ2v) is 9.04. The van der Waals surface area contributed by atoms with E-state index in [9.17, 15) is 8.42 Å². The molecule has 0 fully saturated rings. The van der Waals surface area contributed by atoms with Crippen LogP contribution in [0.4, 0.5) is 0 Å². The van der Waals surface area contributed by atoms with Gasteiger partial charge in [-0.1, -0.05) is 95.9 Å². The minimum Gasteiger partial charge on any atom is -0.284 e. The fourth-order valence-corrected chi connectivity index (χ4v) is 3.82. The van der Waals surface area contributed by atoms with Crippen molar-refractivity contribution < 1.29 is 13.0 Å². The highest BCUT2D eigenvalue weighted by Gasteiger charge is 2.15. The first-order chi connectivity index (χ1) is 11.0. The Balaban J connectivity index is 3.14. The molecule has 2 N–H and O–H groups in total. The molecule has 0 aromatic rings. The predicted octanol–water partition coefficient (Wildman–Crippen LogP) is 5.55. The maximum Gasteiger partial charge on any atom is 0.281 e. The Bertz CT molecular complexity index is 348. The van der Waals surface area contributed by atoms with E-state index >= 15 is 0 Å². The van der Waals surface area contributed by atoms with Crippen LogP contribution in [-0.4, -0.2) is 24.1 Å². The minimum atomic E-state index is -3.95. The number of unbranched alkanes of at least 4 members (excludes halogenated alkanes) is 12. The number of nitrogens with one attached hydrogen (secondary N) is 1. The first kappa shape index (κ1) is 23.2. The van der Waals surface area contributed by atoms with Crippen LogP contribution in [0.25, 0.3) is 0 Å². The maximum absolute atomic E-state index is 10.8. The summed E-state index contributed by atoms with van der Waals surface area (Å²) in [5, 5.41) is -0.894. The smallest absolute Gasteiger partial charge is 0.281 e. The van der Waals surface area contributed by atoms with Crippen LogP contribution in [0.15, 0.2) is 0 Å². The molecule has 0 aliphatic carbocycles. The van der Waals surface area contributed by atoms with Gasteiger partial charge in [0.05, 0.1) is 0 Å². The van der Waals surface area contributed by atoms with Gasteiger partial charge in [0.15, 0.2) is 0 Å². The van der Waals surface area contributed by atoms with Crippen molar-refractivity contribution in [3.05, 3.63) is 0 Å². The van der Waals surface area contributed by atoms with E-state index in [4.69, 9.17) is 4.55 Å². The fourth-order valence-electron chi connectivity index (χ4n) is 2.43. The minimum absolute atomic E-state index is 0.887. The molecule has 0 amide bonds.